The first-order valence-corrected chi connectivity index (χ1v) is 10.9. The highest BCUT2D eigenvalue weighted by atomic mass is 19.1. The zero-order valence-corrected chi connectivity index (χ0v) is 16.2. The summed E-state index contributed by atoms with van der Waals surface area (Å²) in [6, 6.07) is 4.20. The molecule has 0 N–H and O–H groups in total. The third-order valence-corrected chi connectivity index (χ3v) is 7.66. The van der Waals surface area contributed by atoms with Crippen LogP contribution >= 0.6 is 0 Å². The Morgan fingerprint density at radius 1 is 0.960 bits per heavy atom. The summed E-state index contributed by atoms with van der Waals surface area (Å²) < 4.78 is 15.0. The van der Waals surface area contributed by atoms with Gasteiger partial charge in [0.25, 0.3) is 0 Å². The summed E-state index contributed by atoms with van der Waals surface area (Å²) in [4.78, 5) is 0. The molecule has 5 atom stereocenters. The van der Waals surface area contributed by atoms with Crippen LogP contribution in [0.1, 0.15) is 94.2 Å². The summed E-state index contributed by atoms with van der Waals surface area (Å²) in [6.45, 7) is 4.68. The molecule has 3 aliphatic rings. The molecule has 0 heterocycles. The van der Waals surface area contributed by atoms with E-state index >= 15 is 0 Å². The lowest BCUT2D eigenvalue weighted by Gasteiger charge is -2.42. The van der Waals surface area contributed by atoms with Gasteiger partial charge in [-0.2, -0.15) is 0 Å². The van der Waals surface area contributed by atoms with Gasteiger partial charge in [-0.3, -0.25) is 0 Å². The number of aryl methyl sites for hydroxylation is 1. The largest absolute Gasteiger partial charge is 0.207 e. The first-order chi connectivity index (χ1) is 12.1. The quantitative estimate of drug-likeness (QED) is 0.552. The van der Waals surface area contributed by atoms with Crippen LogP contribution in [0.5, 0.6) is 0 Å². The molecule has 1 aromatic carbocycles. The molecule has 1 aromatic rings. The van der Waals surface area contributed by atoms with Crippen LogP contribution in [0.15, 0.2) is 12.1 Å². The fourth-order valence-corrected chi connectivity index (χ4v) is 6.25. The lowest BCUT2D eigenvalue weighted by Crippen LogP contribution is -2.30. The number of benzene rings is 1. The third-order valence-electron chi connectivity index (χ3n) is 7.66. The highest BCUT2D eigenvalue weighted by Crippen LogP contribution is 2.48. The van der Waals surface area contributed by atoms with Crippen LogP contribution < -0.4 is 0 Å². The van der Waals surface area contributed by atoms with E-state index in [2.05, 4.69) is 19.9 Å². The minimum Gasteiger partial charge on any atom is -0.207 e. The van der Waals surface area contributed by atoms with Gasteiger partial charge in [-0.1, -0.05) is 39.2 Å². The van der Waals surface area contributed by atoms with E-state index in [-0.39, 0.29) is 5.82 Å². The molecular formula is C24H35F. The molecule has 0 saturated heterocycles. The van der Waals surface area contributed by atoms with Crippen molar-refractivity contribution < 1.29 is 4.39 Å². The number of fused-ring (bicyclic) bond motifs is 2. The van der Waals surface area contributed by atoms with Crippen LogP contribution in [-0.2, 0) is 12.8 Å². The number of halogens is 1. The average Bonchev–Trinajstić information content (AvgIpc) is 2.61. The summed E-state index contributed by atoms with van der Waals surface area (Å²) in [5.41, 5.74) is 3.83. The van der Waals surface area contributed by atoms with Gasteiger partial charge >= 0.3 is 0 Å². The van der Waals surface area contributed by atoms with Gasteiger partial charge in [-0.15, -0.1) is 0 Å². The maximum Gasteiger partial charge on any atom is 0.126 e. The molecule has 4 rings (SSSR count). The molecule has 25 heavy (non-hydrogen) atoms. The van der Waals surface area contributed by atoms with Crippen molar-refractivity contribution >= 4 is 0 Å². The second kappa shape index (κ2) is 7.41. The minimum absolute atomic E-state index is 0.100. The number of hydrogen-bond donors (Lipinski definition) is 0. The molecule has 0 aliphatic heterocycles. The summed E-state index contributed by atoms with van der Waals surface area (Å²) in [5, 5.41) is 0. The molecule has 2 fully saturated rings. The molecule has 1 heteroatoms. The Morgan fingerprint density at radius 3 is 2.60 bits per heavy atom. The number of rotatable bonds is 3. The summed E-state index contributed by atoms with van der Waals surface area (Å²) in [6.07, 6.45) is 14.1. The summed E-state index contributed by atoms with van der Waals surface area (Å²) in [5.74, 6) is 4.06. The molecule has 0 nitrogen and oxygen atoms in total. The van der Waals surface area contributed by atoms with Crippen molar-refractivity contribution in [1.82, 2.24) is 0 Å². The Labute approximate surface area is 153 Å². The SMILES string of the molecule is CCCC1CCc2cc(C3CCC4CC(C)CCC4C3)c(F)cc2C1. The topological polar surface area (TPSA) is 0 Å². The van der Waals surface area contributed by atoms with Crippen LogP contribution in [0.4, 0.5) is 4.39 Å². The maximum absolute atomic E-state index is 15.0. The van der Waals surface area contributed by atoms with Crippen molar-refractivity contribution in [2.75, 3.05) is 0 Å². The smallest absolute Gasteiger partial charge is 0.126 e. The third kappa shape index (κ3) is 3.67. The van der Waals surface area contributed by atoms with E-state index in [1.54, 1.807) is 0 Å². The van der Waals surface area contributed by atoms with Crippen molar-refractivity contribution in [3.63, 3.8) is 0 Å². The molecule has 0 amide bonds. The van der Waals surface area contributed by atoms with Crippen molar-refractivity contribution in [3.8, 4) is 0 Å². The van der Waals surface area contributed by atoms with Crippen LogP contribution in [-0.4, -0.2) is 0 Å². The molecule has 3 aliphatic carbocycles. The monoisotopic (exact) mass is 342 g/mol. The molecule has 5 unspecified atom stereocenters. The molecule has 2 saturated carbocycles. The van der Waals surface area contributed by atoms with E-state index in [1.807, 2.05) is 6.07 Å². The number of hydrogen-bond acceptors (Lipinski definition) is 0. The molecule has 0 aromatic heterocycles. The lowest BCUT2D eigenvalue weighted by molar-refractivity contribution is 0.124. The van der Waals surface area contributed by atoms with E-state index < -0.39 is 0 Å². The first-order valence-electron chi connectivity index (χ1n) is 10.9. The van der Waals surface area contributed by atoms with Crippen molar-refractivity contribution in [2.45, 2.75) is 90.4 Å². The van der Waals surface area contributed by atoms with Gasteiger partial charge in [0.15, 0.2) is 0 Å². The van der Waals surface area contributed by atoms with Gasteiger partial charge in [-0.25, -0.2) is 4.39 Å². The Bertz CT molecular complexity index is 604. The summed E-state index contributed by atoms with van der Waals surface area (Å²) >= 11 is 0. The first kappa shape index (κ1) is 17.6. The standard InChI is InChI=1S/C24H35F/c1-3-4-17-6-8-20-14-23(24(25)15-22(20)12-17)21-10-9-18-11-16(2)5-7-19(18)13-21/h14-19,21H,3-13H2,1-2H3. The Morgan fingerprint density at radius 2 is 1.76 bits per heavy atom. The molecule has 0 spiro atoms. The zero-order valence-electron chi connectivity index (χ0n) is 16.2. The van der Waals surface area contributed by atoms with E-state index in [4.69, 9.17) is 0 Å². The van der Waals surface area contributed by atoms with Gasteiger partial charge in [0.1, 0.15) is 5.82 Å². The maximum atomic E-state index is 15.0. The van der Waals surface area contributed by atoms with Crippen LogP contribution in [0.2, 0.25) is 0 Å². The zero-order chi connectivity index (χ0) is 17.4. The van der Waals surface area contributed by atoms with E-state index in [1.165, 1.54) is 75.3 Å². The lowest BCUT2D eigenvalue weighted by atomic mass is 9.64. The van der Waals surface area contributed by atoms with E-state index in [0.29, 0.717) is 5.92 Å². The van der Waals surface area contributed by atoms with Crippen molar-refractivity contribution in [2.24, 2.45) is 23.7 Å². The van der Waals surface area contributed by atoms with Gasteiger partial charge < -0.3 is 0 Å². The average molecular weight is 343 g/mol. The predicted octanol–water partition coefficient (Wildman–Crippen LogP) is 7.05. The highest BCUT2D eigenvalue weighted by Gasteiger charge is 2.36. The van der Waals surface area contributed by atoms with Gasteiger partial charge in [0.2, 0.25) is 0 Å². The second-order valence-electron chi connectivity index (χ2n) is 9.49. The Kier molecular flexibility index (Phi) is 5.20. The van der Waals surface area contributed by atoms with E-state index in [0.717, 1.165) is 35.7 Å². The van der Waals surface area contributed by atoms with E-state index in [9.17, 15) is 4.39 Å². The highest BCUT2D eigenvalue weighted by molar-refractivity contribution is 5.37. The molecule has 0 radical (unpaired) electrons. The fourth-order valence-electron chi connectivity index (χ4n) is 6.25. The Balaban J connectivity index is 1.50. The predicted molar refractivity (Wildman–Crippen MR) is 103 cm³/mol. The summed E-state index contributed by atoms with van der Waals surface area (Å²) in [7, 11) is 0. The molecular weight excluding hydrogens is 307 g/mol. The minimum atomic E-state index is 0.100. The molecule has 138 valence electrons. The normalized spacial score (nSPS) is 35.1. The van der Waals surface area contributed by atoms with Crippen molar-refractivity contribution in [3.05, 3.63) is 34.6 Å². The van der Waals surface area contributed by atoms with Gasteiger partial charge in [-0.05, 0) is 104 Å². The van der Waals surface area contributed by atoms with Gasteiger partial charge in [0, 0.05) is 0 Å². The molecule has 0 bridgehead atoms. The van der Waals surface area contributed by atoms with Crippen LogP contribution in [0.25, 0.3) is 0 Å². The fraction of sp³-hybridized carbons (Fsp3) is 0.750. The van der Waals surface area contributed by atoms with Gasteiger partial charge in [0.05, 0.1) is 0 Å². The Hall–Kier alpha value is -0.850. The van der Waals surface area contributed by atoms with Crippen molar-refractivity contribution in [1.29, 1.82) is 0 Å². The van der Waals surface area contributed by atoms with Crippen LogP contribution in [0.3, 0.4) is 0 Å². The second-order valence-corrected chi connectivity index (χ2v) is 9.49. The van der Waals surface area contributed by atoms with Crippen LogP contribution in [0, 0.1) is 29.5 Å².